The number of pyridine rings is 2. The van der Waals surface area contributed by atoms with Crippen molar-refractivity contribution < 1.29 is 5.11 Å². The molecule has 5 heteroatoms. The van der Waals surface area contributed by atoms with Crippen LogP contribution in [-0.2, 0) is 6.61 Å². The van der Waals surface area contributed by atoms with E-state index in [9.17, 15) is 5.11 Å². The van der Waals surface area contributed by atoms with Gasteiger partial charge in [-0.1, -0.05) is 44.5 Å². The fraction of sp³-hybridized carbons (Fsp3) is 0.261. The van der Waals surface area contributed by atoms with Gasteiger partial charge in [0.2, 0.25) is 0 Å². The number of aromatic nitrogens is 4. The van der Waals surface area contributed by atoms with E-state index in [1.54, 1.807) is 6.07 Å². The summed E-state index contributed by atoms with van der Waals surface area (Å²) in [5, 5.41) is 14.9. The Morgan fingerprint density at radius 3 is 2.71 bits per heavy atom. The minimum atomic E-state index is -0.0923. The molecule has 0 aliphatic carbocycles. The van der Waals surface area contributed by atoms with E-state index in [0.717, 1.165) is 40.7 Å². The SMILES string of the molecule is CCC[C@H](C)c1cccc(-c2ccc3cnn(-c4cccc(CO)n4)c3c2)n1. The van der Waals surface area contributed by atoms with E-state index >= 15 is 0 Å². The molecule has 1 aromatic carbocycles. The molecule has 142 valence electrons. The number of nitrogens with zero attached hydrogens (tertiary/aromatic N) is 4. The smallest absolute Gasteiger partial charge is 0.154 e. The van der Waals surface area contributed by atoms with Gasteiger partial charge in [-0.05, 0) is 42.7 Å². The molecule has 0 fully saturated rings. The highest BCUT2D eigenvalue weighted by molar-refractivity contribution is 5.84. The molecule has 0 unspecified atom stereocenters. The second-order valence-corrected chi connectivity index (χ2v) is 7.11. The average Bonchev–Trinajstić information content (AvgIpc) is 3.17. The summed E-state index contributed by atoms with van der Waals surface area (Å²) < 4.78 is 1.81. The zero-order chi connectivity index (χ0) is 19.5. The lowest BCUT2D eigenvalue weighted by Gasteiger charge is -2.11. The van der Waals surface area contributed by atoms with Crippen LogP contribution in [-0.4, -0.2) is 24.9 Å². The summed E-state index contributed by atoms with van der Waals surface area (Å²) in [5.74, 6) is 1.14. The fourth-order valence-electron chi connectivity index (χ4n) is 3.50. The molecule has 1 N–H and O–H groups in total. The molecule has 1 atom stereocenters. The standard InChI is InChI=1S/C23H24N4O/c1-3-6-16(2)20-8-5-9-21(26-20)17-11-12-18-14-24-27(22(18)13-17)23-10-4-7-19(15-28)25-23/h4-5,7-14,16,28H,3,6,15H2,1-2H3/t16-/m0/s1. The van der Waals surface area contributed by atoms with E-state index < -0.39 is 0 Å². The molecule has 28 heavy (non-hydrogen) atoms. The summed E-state index contributed by atoms with van der Waals surface area (Å²) >= 11 is 0. The van der Waals surface area contributed by atoms with E-state index in [1.165, 1.54) is 0 Å². The molecule has 3 aromatic heterocycles. The van der Waals surface area contributed by atoms with Crippen LogP contribution in [0.25, 0.3) is 28.0 Å². The Hall–Kier alpha value is -3.05. The predicted molar refractivity (Wildman–Crippen MR) is 111 cm³/mol. The quantitative estimate of drug-likeness (QED) is 0.524. The zero-order valence-electron chi connectivity index (χ0n) is 16.2. The Kier molecular flexibility index (Phi) is 5.17. The second kappa shape index (κ2) is 7.90. The van der Waals surface area contributed by atoms with Crippen LogP contribution in [0.3, 0.4) is 0 Å². The van der Waals surface area contributed by atoms with Gasteiger partial charge in [0.15, 0.2) is 5.82 Å². The number of fused-ring (bicyclic) bond motifs is 1. The topological polar surface area (TPSA) is 63.8 Å². The maximum Gasteiger partial charge on any atom is 0.154 e. The lowest BCUT2D eigenvalue weighted by atomic mass is 10.0. The van der Waals surface area contributed by atoms with Crippen molar-refractivity contribution in [3.63, 3.8) is 0 Å². The molecule has 0 spiro atoms. The van der Waals surface area contributed by atoms with Gasteiger partial charge in [-0.15, -0.1) is 0 Å². The van der Waals surface area contributed by atoms with Gasteiger partial charge in [0.1, 0.15) is 0 Å². The number of aliphatic hydroxyl groups is 1. The highest BCUT2D eigenvalue weighted by Crippen LogP contribution is 2.27. The van der Waals surface area contributed by atoms with E-state index in [4.69, 9.17) is 4.98 Å². The third-order valence-electron chi connectivity index (χ3n) is 5.03. The van der Waals surface area contributed by atoms with Crippen LogP contribution >= 0.6 is 0 Å². The van der Waals surface area contributed by atoms with Gasteiger partial charge in [0.25, 0.3) is 0 Å². The van der Waals surface area contributed by atoms with Crippen molar-refractivity contribution in [2.24, 2.45) is 0 Å². The number of benzene rings is 1. The molecule has 4 aromatic rings. The van der Waals surface area contributed by atoms with Crippen molar-refractivity contribution >= 4 is 10.9 Å². The van der Waals surface area contributed by atoms with Crippen LogP contribution in [0.5, 0.6) is 0 Å². The molecule has 0 saturated heterocycles. The Balaban J connectivity index is 1.77. The number of aliphatic hydroxyl groups excluding tert-OH is 1. The van der Waals surface area contributed by atoms with Gasteiger partial charge in [0, 0.05) is 16.6 Å². The Morgan fingerprint density at radius 2 is 1.89 bits per heavy atom. The Bertz CT molecular complexity index is 1100. The van der Waals surface area contributed by atoms with Crippen molar-refractivity contribution in [2.45, 2.75) is 39.2 Å². The van der Waals surface area contributed by atoms with E-state index in [2.05, 4.69) is 60.3 Å². The van der Waals surface area contributed by atoms with E-state index in [-0.39, 0.29) is 6.61 Å². The van der Waals surface area contributed by atoms with Crippen LogP contribution in [0.4, 0.5) is 0 Å². The Morgan fingerprint density at radius 1 is 1.04 bits per heavy atom. The van der Waals surface area contributed by atoms with Gasteiger partial charge >= 0.3 is 0 Å². The summed E-state index contributed by atoms with van der Waals surface area (Å²) in [7, 11) is 0. The third-order valence-corrected chi connectivity index (χ3v) is 5.03. The molecule has 0 bridgehead atoms. The molecular weight excluding hydrogens is 348 g/mol. The first-order valence-electron chi connectivity index (χ1n) is 9.72. The van der Waals surface area contributed by atoms with Gasteiger partial charge in [-0.25, -0.2) is 9.67 Å². The maximum atomic E-state index is 9.37. The van der Waals surface area contributed by atoms with Crippen LogP contribution in [0.15, 0.2) is 60.8 Å². The van der Waals surface area contributed by atoms with Gasteiger partial charge in [-0.3, -0.25) is 4.98 Å². The minimum absolute atomic E-state index is 0.0923. The normalized spacial score (nSPS) is 12.4. The highest BCUT2D eigenvalue weighted by atomic mass is 16.3. The molecule has 0 aliphatic heterocycles. The molecule has 0 amide bonds. The highest BCUT2D eigenvalue weighted by Gasteiger charge is 2.11. The van der Waals surface area contributed by atoms with Crippen LogP contribution < -0.4 is 0 Å². The monoisotopic (exact) mass is 372 g/mol. The molecule has 0 aliphatic rings. The van der Waals surface area contributed by atoms with Gasteiger partial charge in [-0.2, -0.15) is 5.10 Å². The third kappa shape index (κ3) is 3.53. The lowest BCUT2D eigenvalue weighted by Crippen LogP contribution is -2.02. The predicted octanol–water partition coefficient (Wildman–Crippen LogP) is 4.88. The summed E-state index contributed by atoms with van der Waals surface area (Å²) in [6.45, 7) is 4.34. The molecule has 4 rings (SSSR count). The van der Waals surface area contributed by atoms with E-state index in [1.807, 2.05) is 23.0 Å². The second-order valence-electron chi connectivity index (χ2n) is 7.11. The van der Waals surface area contributed by atoms with Crippen molar-refractivity contribution in [2.75, 3.05) is 0 Å². The average molecular weight is 372 g/mol. The van der Waals surface area contributed by atoms with Gasteiger partial charge in [0.05, 0.1) is 29.7 Å². The number of hydrogen-bond acceptors (Lipinski definition) is 4. The van der Waals surface area contributed by atoms with Crippen molar-refractivity contribution in [1.82, 2.24) is 19.7 Å². The van der Waals surface area contributed by atoms with Crippen molar-refractivity contribution in [3.8, 4) is 17.1 Å². The van der Waals surface area contributed by atoms with Crippen LogP contribution in [0.1, 0.15) is 44.0 Å². The molecule has 0 saturated carbocycles. The first-order valence-corrected chi connectivity index (χ1v) is 9.72. The Labute approximate surface area is 164 Å². The summed E-state index contributed by atoms with van der Waals surface area (Å²) in [6.07, 6.45) is 4.12. The first-order chi connectivity index (χ1) is 13.7. The van der Waals surface area contributed by atoms with E-state index in [0.29, 0.717) is 17.4 Å². The largest absolute Gasteiger partial charge is 0.390 e. The summed E-state index contributed by atoms with van der Waals surface area (Å²) in [6, 6.07) is 18.1. The molecule has 0 radical (unpaired) electrons. The van der Waals surface area contributed by atoms with Crippen LogP contribution in [0, 0.1) is 0 Å². The van der Waals surface area contributed by atoms with Crippen molar-refractivity contribution in [1.29, 1.82) is 0 Å². The van der Waals surface area contributed by atoms with Crippen LogP contribution in [0.2, 0.25) is 0 Å². The fourth-order valence-corrected chi connectivity index (χ4v) is 3.50. The summed E-state index contributed by atoms with van der Waals surface area (Å²) in [4.78, 5) is 9.38. The first kappa shape index (κ1) is 18.3. The maximum absolute atomic E-state index is 9.37. The summed E-state index contributed by atoms with van der Waals surface area (Å²) in [5.41, 5.74) is 4.74. The number of rotatable bonds is 6. The van der Waals surface area contributed by atoms with Crippen molar-refractivity contribution in [3.05, 3.63) is 72.2 Å². The molecule has 5 nitrogen and oxygen atoms in total. The lowest BCUT2D eigenvalue weighted by molar-refractivity contribution is 0.276. The molecular formula is C23H24N4O. The van der Waals surface area contributed by atoms with Gasteiger partial charge < -0.3 is 5.11 Å². The number of hydrogen-bond donors (Lipinski definition) is 1. The molecule has 3 heterocycles. The zero-order valence-corrected chi connectivity index (χ0v) is 16.2. The minimum Gasteiger partial charge on any atom is -0.390 e.